The second-order valence-electron chi connectivity index (χ2n) is 3.44. The van der Waals surface area contributed by atoms with Crippen LogP contribution >= 0.6 is 31.9 Å². The molecule has 1 aliphatic rings. The third-order valence-corrected chi connectivity index (χ3v) is 4.28. The van der Waals surface area contributed by atoms with Gasteiger partial charge in [-0.05, 0) is 18.8 Å². The van der Waals surface area contributed by atoms with Gasteiger partial charge in [0.1, 0.15) is 0 Å². The average Bonchev–Trinajstić information content (AvgIpc) is 1.95. The molecule has 0 aromatic rings. The van der Waals surface area contributed by atoms with Crippen LogP contribution in [0.5, 0.6) is 0 Å². The summed E-state index contributed by atoms with van der Waals surface area (Å²) in [6.45, 7) is 2.12. The molecule has 0 heterocycles. The van der Waals surface area contributed by atoms with Crippen LogP contribution in [0.2, 0.25) is 0 Å². The van der Waals surface area contributed by atoms with Crippen LogP contribution in [0.1, 0.15) is 32.6 Å². The second-order valence-corrected chi connectivity index (χ2v) is 6.50. The first kappa shape index (κ1) is 10.0. The second kappa shape index (κ2) is 3.75. The van der Waals surface area contributed by atoms with Crippen molar-refractivity contribution >= 4 is 31.9 Å². The summed E-state index contributed by atoms with van der Waals surface area (Å²) in [6.07, 6.45) is 4.46. The molecule has 1 N–H and O–H groups in total. The van der Waals surface area contributed by atoms with Gasteiger partial charge in [0.05, 0.1) is 9.34 Å². The summed E-state index contributed by atoms with van der Waals surface area (Å²) < 4.78 is 0.0396. The van der Waals surface area contributed by atoms with Crippen LogP contribution in [0.4, 0.5) is 0 Å². The molecular weight excluding hydrogens is 272 g/mol. The Morgan fingerprint density at radius 2 is 2.09 bits per heavy atom. The van der Waals surface area contributed by atoms with Gasteiger partial charge in [0, 0.05) is 0 Å². The third kappa shape index (κ3) is 1.99. The molecule has 1 nitrogen and oxygen atoms in total. The predicted molar refractivity (Wildman–Crippen MR) is 54.2 cm³/mol. The monoisotopic (exact) mass is 284 g/mol. The van der Waals surface area contributed by atoms with Crippen LogP contribution in [0.3, 0.4) is 0 Å². The molecule has 0 aromatic heterocycles. The Labute approximate surface area is 84.8 Å². The minimum Gasteiger partial charge on any atom is -0.388 e. The molecule has 0 aromatic carbocycles. The zero-order chi connectivity index (χ0) is 8.48. The first-order valence-electron chi connectivity index (χ1n) is 4.08. The zero-order valence-corrected chi connectivity index (χ0v) is 9.86. The normalized spacial score (nSPS) is 39.5. The van der Waals surface area contributed by atoms with E-state index in [2.05, 4.69) is 38.8 Å². The van der Waals surface area contributed by atoms with Crippen molar-refractivity contribution in [2.45, 2.75) is 41.9 Å². The number of hydrogen-bond donors (Lipinski definition) is 1. The fourth-order valence-electron chi connectivity index (χ4n) is 1.68. The van der Waals surface area contributed by atoms with Crippen molar-refractivity contribution in [2.24, 2.45) is 5.92 Å². The minimum absolute atomic E-state index is 0.0396. The van der Waals surface area contributed by atoms with Crippen LogP contribution in [0.15, 0.2) is 0 Å². The van der Waals surface area contributed by atoms with Gasteiger partial charge in [0.25, 0.3) is 0 Å². The first-order valence-corrected chi connectivity index (χ1v) is 5.91. The number of halogens is 2. The molecule has 0 amide bonds. The van der Waals surface area contributed by atoms with Crippen molar-refractivity contribution in [1.29, 1.82) is 0 Å². The molecule has 0 spiro atoms. The van der Waals surface area contributed by atoms with Crippen LogP contribution in [-0.2, 0) is 0 Å². The Kier molecular flexibility index (Phi) is 3.41. The highest BCUT2D eigenvalue weighted by Gasteiger charge is 2.40. The Morgan fingerprint density at radius 1 is 1.45 bits per heavy atom. The van der Waals surface area contributed by atoms with Crippen molar-refractivity contribution in [1.82, 2.24) is 0 Å². The SMILES string of the molecule is C[C@H]1CCCC[C@]1(O)C(Br)Br. The van der Waals surface area contributed by atoms with Gasteiger partial charge >= 0.3 is 0 Å². The fraction of sp³-hybridized carbons (Fsp3) is 1.00. The zero-order valence-electron chi connectivity index (χ0n) is 6.69. The van der Waals surface area contributed by atoms with Gasteiger partial charge < -0.3 is 5.11 Å². The van der Waals surface area contributed by atoms with Crippen LogP contribution in [0.25, 0.3) is 0 Å². The third-order valence-electron chi connectivity index (χ3n) is 2.70. The molecule has 3 heteroatoms. The van der Waals surface area contributed by atoms with E-state index in [1.165, 1.54) is 6.42 Å². The summed E-state index contributed by atoms with van der Waals surface area (Å²) in [5.41, 5.74) is -0.530. The summed E-state index contributed by atoms with van der Waals surface area (Å²) >= 11 is 6.80. The van der Waals surface area contributed by atoms with E-state index in [9.17, 15) is 5.11 Å². The quantitative estimate of drug-likeness (QED) is 0.734. The summed E-state index contributed by atoms with van der Waals surface area (Å²) in [5, 5.41) is 10.1. The number of rotatable bonds is 1. The van der Waals surface area contributed by atoms with Gasteiger partial charge in [0.2, 0.25) is 0 Å². The van der Waals surface area contributed by atoms with E-state index in [4.69, 9.17) is 0 Å². The maximum absolute atomic E-state index is 10.1. The van der Waals surface area contributed by atoms with Crippen LogP contribution in [0, 0.1) is 5.92 Å². The predicted octanol–water partition coefficient (Wildman–Crippen LogP) is 3.04. The van der Waals surface area contributed by atoms with Gasteiger partial charge in [-0.1, -0.05) is 51.6 Å². The maximum Gasteiger partial charge on any atom is 0.0986 e. The summed E-state index contributed by atoms with van der Waals surface area (Å²) in [5.74, 6) is 0.403. The van der Waals surface area contributed by atoms with E-state index in [-0.39, 0.29) is 3.74 Å². The van der Waals surface area contributed by atoms with E-state index in [0.29, 0.717) is 5.92 Å². The van der Waals surface area contributed by atoms with Gasteiger partial charge in [0.15, 0.2) is 0 Å². The fourth-order valence-corrected chi connectivity index (χ4v) is 3.04. The number of hydrogen-bond acceptors (Lipinski definition) is 1. The summed E-state index contributed by atoms with van der Waals surface area (Å²) in [4.78, 5) is 0. The van der Waals surface area contributed by atoms with Crippen molar-refractivity contribution in [3.63, 3.8) is 0 Å². The number of alkyl halides is 2. The minimum atomic E-state index is -0.530. The molecule has 1 rings (SSSR count). The molecule has 0 unspecified atom stereocenters. The van der Waals surface area contributed by atoms with Gasteiger partial charge in [-0.2, -0.15) is 0 Å². The van der Waals surface area contributed by atoms with E-state index in [1.807, 2.05) is 0 Å². The molecule has 11 heavy (non-hydrogen) atoms. The van der Waals surface area contributed by atoms with Crippen LogP contribution in [-0.4, -0.2) is 14.4 Å². The van der Waals surface area contributed by atoms with Crippen molar-refractivity contribution < 1.29 is 5.11 Å². The Hall–Kier alpha value is 0.920. The molecule has 0 aliphatic heterocycles. The molecule has 66 valence electrons. The van der Waals surface area contributed by atoms with Crippen LogP contribution < -0.4 is 0 Å². The summed E-state index contributed by atoms with van der Waals surface area (Å²) in [6, 6.07) is 0. The average molecular weight is 286 g/mol. The van der Waals surface area contributed by atoms with E-state index >= 15 is 0 Å². The standard InChI is InChI=1S/C8H14Br2O/c1-6-4-2-3-5-8(6,11)7(9)10/h6-7,11H,2-5H2,1H3/t6-,8+/m0/s1. The Bertz CT molecular complexity index is 138. The lowest BCUT2D eigenvalue weighted by atomic mass is 9.78. The Morgan fingerprint density at radius 3 is 2.45 bits per heavy atom. The molecule has 2 atom stereocenters. The topological polar surface area (TPSA) is 20.2 Å². The highest BCUT2D eigenvalue weighted by molar-refractivity contribution is 9.24. The van der Waals surface area contributed by atoms with Crippen molar-refractivity contribution in [3.8, 4) is 0 Å². The highest BCUT2D eigenvalue weighted by atomic mass is 79.9. The van der Waals surface area contributed by atoms with Gasteiger partial charge in [-0.15, -0.1) is 0 Å². The van der Waals surface area contributed by atoms with Gasteiger partial charge in [-0.25, -0.2) is 0 Å². The molecular formula is C8H14Br2O. The molecule has 0 bridgehead atoms. The van der Waals surface area contributed by atoms with E-state index in [1.54, 1.807) is 0 Å². The van der Waals surface area contributed by atoms with E-state index in [0.717, 1.165) is 19.3 Å². The first-order chi connectivity index (χ1) is 5.07. The molecule has 1 fully saturated rings. The molecule has 1 aliphatic carbocycles. The van der Waals surface area contributed by atoms with E-state index < -0.39 is 5.60 Å². The Balaban J connectivity index is 2.64. The molecule has 0 saturated heterocycles. The molecule has 1 saturated carbocycles. The number of aliphatic hydroxyl groups is 1. The lowest BCUT2D eigenvalue weighted by molar-refractivity contribution is -0.0237. The smallest absolute Gasteiger partial charge is 0.0986 e. The lowest BCUT2D eigenvalue weighted by Gasteiger charge is -2.39. The van der Waals surface area contributed by atoms with Crippen molar-refractivity contribution in [3.05, 3.63) is 0 Å². The van der Waals surface area contributed by atoms with Gasteiger partial charge in [-0.3, -0.25) is 0 Å². The largest absolute Gasteiger partial charge is 0.388 e. The molecule has 0 radical (unpaired) electrons. The summed E-state index contributed by atoms with van der Waals surface area (Å²) in [7, 11) is 0. The lowest BCUT2D eigenvalue weighted by Crippen LogP contribution is -2.44. The van der Waals surface area contributed by atoms with Crippen molar-refractivity contribution in [2.75, 3.05) is 0 Å². The highest BCUT2D eigenvalue weighted by Crippen LogP contribution is 2.40. The maximum atomic E-state index is 10.1.